The molecular formula is C13H15BrN2O. The second-order valence-corrected chi connectivity index (χ2v) is 4.95. The fourth-order valence-corrected chi connectivity index (χ4v) is 2.36. The van der Waals surface area contributed by atoms with Crippen molar-refractivity contribution in [1.82, 2.24) is 10.3 Å². The van der Waals surface area contributed by atoms with E-state index < -0.39 is 0 Å². The topological polar surface area (TPSA) is 42.0 Å². The van der Waals surface area contributed by atoms with Crippen molar-refractivity contribution in [2.45, 2.75) is 19.3 Å². The third-order valence-electron chi connectivity index (χ3n) is 2.93. The van der Waals surface area contributed by atoms with Crippen LogP contribution in [0.4, 0.5) is 0 Å². The van der Waals surface area contributed by atoms with Gasteiger partial charge in [-0.25, -0.2) is 4.98 Å². The van der Waals surface area contributed by atoms with Crippen molar-refractivity contribution < 1.29 is 4.79 Å². The lowest BCUT2D eigenvalue weighted by Crippen LogP contribution is -2.30. The van der Waals surface area contributed by atoms with E-state index in [0.29, 0.717) is 16.1 Å². The average molecular weight is 295 g/mol. The molecule has 1 unspecified atom stereocenters. The molecule has 1 aromatic heterocycles. The molecule has 0 saturated carbocycles. The molecule has 0 bridgehead atoms. The predicted octanol–water partition coefficient (Wildman–Crippen LogP) is 2.93. The summed E-state index contributed by atoms with van der Waals surface area (Å²) in [5.74, 6) is 0.513. The Balaban J connectivity index is 1.89. The van der Waals surface area contributed by atoms with Crippen molar-refractivity contribution >= 4 is 21.8 Å². The fraction of sp³-hybridized carbons (Fsp3) is 0.385. The largest absolute Gasteiger partial charge is 0.352 e. The Morgan fingerprint density at radius 1 is 1.53 bits per heavy atom. The van der Waals surface area contributed by atoms with Crippen LogP contribution in [-0.4, -0.2) is 17.4 Å². The van der Waals surface area contributed by atoms with Gasteiger partial charge in [0.15, 0.2) is 0 Å². The van der Waals surface area contributed by atoms with Crippen LogP contribution in [0, 0.1) is 5.92 Å². The zero-order valence-corrected chi connectivity index (χ0v) is 11.1. The molecule has 4 heteroatoms. The van der Waals surface area contributed by atoms with E-state index >= 15 is 0 Å². The van der Waals surface area contributed by atoms with E-state index in [2.05, 4.69) is 38.4 Å². The number of amides is 1. The van der Waals surface area contributed by atoms with Gasteiger partial charge in [0, 0.05) is 12.7 Å². The molecule has 90 valence electrons. The first-order valence-corrected chi connectivity index (χ1v) is 6.60. The molecule has 0 aromatic carbocycles. The normalized spacial score (nSPS) is 19.0. The lowest BCUT2D eigenvalue weighted by atomic mass is 9.94. The minimum absolute atomic E-state index is 0.0560. The van der Waals surface area contributed by atoms with Crippen LogP contribution in [0.3, 0.4) is 0 Å². The van der Waals surface area contributed by atoms with Crippen molar-refractivity contribution in [2.24, 2.45) is 5.92 Å². The molecule has 0 saturated heterocycles. The van der Waals surface area contributed by atoms with E-state index in [1.54, 1.807) is 18.3 Å². The van der Waals surface area contributed by atoms with Gasteiger partial charge in [-0.15, -0.1) is 0 Å². The molecule has 0 radical (unpaired) electrons. The maximum Gasteiger partial charge on any atom is 0.254 e. The molecule has 2 rings (SSSR count). The first kappa shape index (κ1) is 12.3. The SMILES string of the molecule is O=C(NCC1CC=CCC1)c1cccnc1Br. The fourth-order valence-electron chi connectivity index (χ4n) is 1.93. The highest BCUT2D eigenvalue weighted by atomic mass is 79.9. The predicted molar refractivity (Wildman–Crippen MR) is 70.8 cm³/mol. The number of hydrogen-bond acceptors (Lipinski definition) is 2. The van der Waals surface area contributed by atoms with Gasteiger partial charge in [-0.05, 0) is 53.2 Å². The summed E-state index contributed by atoms with van der Waals surface area (Å²) in [4.78, 5) is 15.9. The molecule has 1 N–H and O–H groups in total. The number of allylic oxidation sites excluding steroid dienone is 2. The summed E-state index contributed by atoms with van der Waals surface area (Å²) in [6.07, 6.45) is 9.40. The third kappa shape index (κ3) is 3.40. The third-order valence-corrected chi connectivity index (χ3v) is 3.56. The van der Waals surface area contributed by atoms with Crippen molar-refractivity contribution in [1.29, 1.82) is 0 Å². The van der Waals surface area contributed by atoms with E-state index in [9.17, 15) is 4.79 Å². The van der Waals surface area contributed by atoms with Gasteiger partial charge >= 0.3 is 0 Å². The quantitative estimate of drug-likeness (QED) is 0.688. The highest BCUT2D eigenvalue weighted by Gasteiger charge is 2.14. The molecule has 1 amide bonds. The molecule has 0 fully saturated rings. The van der Waals surface area contributed by atoms with E-state index in [1.807, 2.05) is 0 Å². The Morgan fingerprint density at radius 2 is 2.41 bits per heavy atom. The number of aromatic nitrogens is 1. The molecule has 0 aliphatic heterocycles. The lowest BCUT2D eigenvalue weighted by molar-refractivity contribution is 0.0945. The highest BCUT2D eigenvalue weighted by Crippen LogP contribution is 2.17. The van der Waals surface area contributed by atoms with Gasteiger partial charge in [0.05, 0.1) is 5.56 Å². The first-order chi connectivity index (χ1) is 8.27. The number of halogens is 1. The molecule has 1 aliphatic rings. The van der Waals surface area contributed by atoms with E-state index in [1.165, 1.54) is 0 Å². The zero-order chi connectivity index (χ0) is 12.1. The summed E-state index contributed by atoms with van der Waals surface area (Å²) in [5.41, 5.74) is 0.596. The van der Waals surface area contributed by atoms with Crippen molar-refractivity contribution in [3.8, 4) is 0 Å². The number of rotatable bonds is 3. The van der Waals surface area contributed by atoms with Gasteiger partial charge in [-0.2, -0.15) is 0 Å². The van der Waals surface area contributed by atoms with Crippen LogP contribution in [0.15, 0.2) is 35.1 Å². The van der Waals surface area contributed by atoms with E-state index in [-0.39, 0.29) is 5.91 Å². The first-order valence-electron chi connectivity index (χ1n) is 5.81. The Morgan fingerprint density at radius 3 is 3.12 bits per heavy atom. The molecule has 1 aliphatic carbocycles. The Bertz CT molecular complexity index is 431. The van der Waals surface area contributed by atoms with Gasteiger partial charge in [0.2, 0.25) is 0 Å². The minimum atomic E-state index is -0.0560. The molecule has 1 atom stereocenters. The number of carbonyl (C=O) groups is 1. The number of nitrogens with zero attached hydrogens (tertiary/aromatic N) is 1. The zero-order valence-electron chi connectivity index (χ0n) is 9.53. The molecular weight excluding hydrogens is 280 g/mol. The van der Waals surface area contributed by atoms with Crippen molar-refractivity contribution in [2.75, 3.05) is 6.54 Å². The van der Waals surface area contributed by atoms with Crippen LogP contribution in [0.5, 0.6) is 0 Å². The molecule has 0 spiro atoms. The lowest BCUT2D eigenvalue weighted by Gasteiger charge is -2.18. The summed E-state index contributed by atoms with van der Waals surface area (Å²) in [7, 11) is 0. The molecule has 1 heterocycles. The number of hydrogen-bond donors (Lipinski definition) is 1. The van der Waals surface area contributed by atoms with Gasteiger partial charge < -0.3 is 5.32 Å². The highest BCUT2D eigenvalue weighted by molar-refractivity contribution is 9.10. The van der Waals surface area contributed by atoms with Crippen LogP contribution in [-0.2, 0) is 0 Å². The Kier molecular flexibility index (Phi) is 4.31. The van der Waals surface area contributed by atoms with Gasteiger partial charge in [-0.3, -0.25) is 4.79 Å². The average Bonchev–Trinajstić information content (AvgIpc) is 2.38. The number of pyridine rings is 1. The van der Waals surface area contributed by atoms with Crippen LogP contribution in [0.2, 0.25) is 0 Å². The van der Waals surface area contributed by atoms with Crippen LogP contribution in [0.25, 0.3) is 0 Å². The minimum Gasteiger partial charge on any atom is -0.352 e. The van der Waals surface area contributed by atoms with Crippen LogP contribution in [0.1, 0.15) is 29.6 Å². The maximum absolute atomic E-state index is 11.9. The van der Waals surface area contributed by atoms with E-state index in [4.69, 9.17) is 0 Å². The van der Waals surface area contributed by atoms with Gasteiger partial charge in [-0.1, -0.05) is 12.2 Å². The maximum atomic E-state index is 11.9. The van der Waals surface area contributed by atoms with Crippen LogP contribution >= 0.6 is 15.9 Å². The van der Waals surface area contributed by atoms with Crippen molar-refractivity contribution in [3.05, 3.63) is 40.6 Å². The summed E-state index contributed by atoms with van der Waals surface area (Å²) in [6.45, 7) is 0.741. The smallest absolute Gasteiger partial charge is 0.254 e. The standard InChI is InChI=1S/C13H15BrN2O/c14-12-11(7-4-8-15-12)13(17)16-9-10-5-2-1-3-6-10/h1-2,4,7-8,10H,3,5-6,9H2,(H,16,17). The molecule has 1 aromatic rings. The number of nitrogens with one attached hydrogen (secondary N) is 1. The van der Waals surface area contributed by atoms with Gasteiger partial charge in [0.25, 0.3) is 5.91 Å². The van der Waals surface area contributed by atoms with Crippen LogP contribution < -0.4 is 5.32 Å². The van der Waals surface area contributed by atoms with Crippen molar-refractivity contribution in [3.63, 3.8) is 0 Å². The second kappa shape index (κ2) is 5.96. The summed E-state index contributed by atoms with van der Waals surface area (Å²) >= 11 is 3.28. The summed E-state index contributed by atoms with van der Waals surface area (Å²) in [6, 6.07) is 3.54. The monoisotopic (exact) mass is 294 g/mol. The Labute approximate surface area is 109 Å². The van der Waals surface area contributed by atoms with Gasteiger partial charge in [0.1, 0.15) is 4.60 Å². The molecule has 3 nitrogen and oxygen atoms in total. The molecule has 17 heavy (non-hydrogen) atoms. The van der Waals surface area contributed by atoms with E-state index in [0.717, 1.165) is 25.8 Å². The second-order valence-electron chi connectivity index (χ2n) is 4.20. The summed E-state index contributed by atoms with van der Waals surface area (Å²) in [5, 5.41) is 2.97. The Hall–Kier alpha value is -1.16. The number of carbonyl (C=O) groups excluding carboxylic acids is 1. The summed E-state index contributed by atoms with van der Waals surface area (Å²) < 4.78 is 0.598.